The first kappa shape index (κ1) is 17.9. The number of anilines is 1. The zero-order valence-electron chi connectivity index (χ0n) is 15.1. The molecule has 1 atom stereocenters. The fraction of sp³-hybridized carbons (Fsp3) is 0.273. The van der Waals surface area contributed by atoms with Crippen LogP contribution in [0.15, 0.2) is 60.7 Å². The molecule has 0 fully saturated rings. The topological polar surface area (TPSA) is 46.6 Å². The molecule has 1 unspecified atom stereocenters. The molecule has 0 saturated heterocycles. The first-order valence-electron chi connectivity index (χ1n) is 8.86. The molecule has 0 saturated carbocycles. The smallest absolute Gasteiger partial charge is 0.314 e. The maximum absolute atomic E-state index is 12.6. The second kappa shape index (κ2) is 8.00. The number of hydrogen-bond donors (Lipinski definition) is 0. The van der Waals surface area contributed by atoms with Crippen molar-refractivity contribution in [1.82, 2.24) is 0 Å². The van der Waals surface area contributed by atoms with E-state index in [0.717, 1.165) is 30.5 Å². The highest BCUT2D eigenvalue weighted by Gasteiger charge is 2.21. The van der Waals surface area contributed by atoms with Crippen molar-refractivity contribution in [3.8, 4) is 5.75 Å². The lowest BCUT2D eigenvalue weighted by Gasteiger charge is -2.19. The van der Waals surface area contributed by atoms with Crippen LogP contribution in [0.3, 0.4) is 0 Å². The van der Waals surface area contributed by atoms with Gasteiger partial charge in [-0.05, 0) is 62.6 Å². The van der Waals surface area contributed by atoms with Crippen molar-refractivity contribution in [1.29, 1.82) is 0 Å². The van der Waals surface area contributed by atoms with E-state index in [-0.39, 0.29) is 17.8 Å². The summed E-state index contributed by atoms with van der Waals surface area (Å²) in [6.45, 7) is 1.99. The van der Waals surface area contributed by atoms with Gasteiger partial charge in [0.2, 0.25) is 0 Å². The van der Waals surface area contributed by atoms with Gasteiger partial charge in [-0.15, -0.1) is 0 Å². The third-order valence-electron chi connectivity index (χ3n) is 4.65. The van der Waals surface area contributed by atoms with Crippen LogP contribution in [0.1, 0.15) is 35.2 Å². The third kappa shape index (κ3) is 4.20. The van der Waals surface area contributed by atoms with E-state index in [1.54, 1.807) is 36.2 Å². The van der Waals surface area contributed by atoms with Crippen LogP contribution < -0.4 is 9.64 Å². The summed E-state index contributed by atoms with van der Waals surface area (Å²) < 4.78 is 5.47. The summed E-state index contributed by atoms with van der Waals surface area (Å²) in [6, 6.07) is 14.5. The van der Waals surface area contributed by atoms with Crippen LogP contribution in [-0.4, -0.2) is 18.9 Å². The van der Waals surface area contributed by atoms with Gasteiger partial charge in [-0.25, -0.2) is 0 Å². The van der Waals surface area contributed by atoms with Crippen molar-refractivity contribution >= 4 is 17.6 Å². The van der Waals surface area contributed by atoms with E-state index in [1.807, 2.05) is 37.3 Å². The molecule has 1 amide bonds. The Kier molecular flexibility index (Phi) is 5.52. The quantitative estimate of drug-likeness (QED) is 0.463. The van der Waals surface area contributed by atoms with E-state index < -0.39 is 0 Å². The third-order valence-corrected chi connectivity index (χ3v) is 4.65. The first-order valence-corrected chi connectivity index (χ1v) is 8.86. The molecule has 4 nitrogen and oxygen atoms in total. The van der Waals surface area contributed by atoms with E-state index in [2.05, 4.69) is 6.08 Å². The van der Waals surface area contributed by atoms with E-state index in [9.17, 15) is 9.59 Å². The summed E-state index contributed by atoms with van der Waals surface area (Å²) in [5, 5.41) is 0. The number of benzene rings is 2. The predicted molar refractivity (Wildman–Crippen MR) is 102 cm³/mol. The van der Waals surface area contributed by atoms with Gasteiger partial charge in [0.05, 0.1) is 5.92 Å². The molecular formula is C22H23NO3. The number of amides is 1. The molecule has 2 aromatic rings. The summed E-state index contributed by atoms with van der Waals surface area (Å²) >= 11 is 0. The molecule has 0 spiro atoms. The van der Waals surface area contributed by atoms with Gasteiger partial charge in [0.1, 0.15) is 5.75 Å². The van der Waals surface area contributed by atoms with Crippen LogP contribution in [0.2, 0.25) is 0 Å². The van der Waals surface area contributed by atoms with Gasteiger partial charge in [0.25, 0.3) is 5.91 Å². The number of carbonyl (C=O) groups is 2. The fourth-order valence-electron chi connectivity index (χ4n) is 2.95. The molecule has 1 aliphatic carbocycles. The van der Waals surface area contributed by atoms with Crippen molar-refractivity contribution in [3.63, 3.8) is 0 Å². The predicted octanol–water partition coefficient (Wildman–Crippen LogP) is 4.53. The monoisotopic (exact) mass is 349 g/mol. The Labute approximate surface area is 154 Å². The Hall–Kier alpha value is -2.88. The second-order valence-electron chi connectivity index (χ2n) is 6.63. The first-order chi connectivity index (χ1) is 12.5. The number of allylic oxidation sites excluding steroid dienone is 2. The van der Waals surface area contributed by atoms with E-state index in [0.29, 0.717) is 11.3 Å². The second-order valence-corrected chi connectivity index (χ2v) is 6.63. The van der Waals surface area contributed by atoms with Crippen molar-refractivity contribution < 1.29 is 14.3 Å². The Balaban J connectivity index is 1.64. The zero-order chi connectivity index (χ0) is 18.5. The number of aryl methyl sites for hydroxylation is 1. The SMILES string of the molecule is Cc1ccc(C(=O)N(C)c2ccc(OC(=O)C3CC=CCC3)cc2)cc1. The lowest BCUT2D eigenvalue weighted by molar-refractivity contribution is -0.139. The normalized spacial score (nSPS) is 16.2. The van der Waals surface area contributed by atoms with Gasteiger partial charge in [0, 0.05) is 18.3 Å². The molecule has 1 aliphatic rings. The Bertz CT molecular complexity index is 806. The van der Waals surface area contributed by atoms with Gasteiger partial charge in [0.15, 0.2) is 0 Å². The summed E-state index contributed by atoms with van der Waals surface area (Å²) in [6.07, 6.45) is 6.63. The summed E-state index contributed by atoms with van der Waals surface area (Å²) in [4.78, 5) is 26.3. The highest BCUT2D eigenvalue weighted by Crippen LogP contribution is 2.24. The standard InChI is InChI=1S/C22H23NO3/c1-16-8-10-17(11-9-16)21(24)23(2)19-12-14-20(15-13-19)26-22(25)18-6-4-3-5-7-18/h3-4,8-15,18H,5-7H2,1-2H3. The van der Waals surface area contributed by atoms with Crippen molar-refractivity contribution in [2.45, 2.75) is 26.2 Å². The van der Waals surface area contributed by atoms with Gasteiger partial charge in [-0.3, -0.25) is 9.59 Å². The van der Waals surface area contributed by atoms with E-state index in [4.69, 9.17) is 4.74 Å². The number of hydrogen-bond acceptors (Lipinski definition) is 3. The molecule has 0 heterocycles. The number of carbonyl (C=O) groups excluding carboxylic acids is 2. The van der Waals surface area contributed by atoms with E-state index in [1.165, 1.54) is 0 Å². The fourth-order valence-corrected chi connectivity index (χ4v) is 2.95. The minimum atomic E-state index is -0.189. The maximum Gasteiger partial charge on any atom is 0.314 e. The molecule has 0 bridgehead atoms. The molecule has 0 radical (unpaired) electrons. The average Bonchev–Trinajstić information content (AvgIpc) is 2.69. The van der Waals surface area contributed by atoms with Crippen LogP contribution in [0.5, 0.6) is 5.75 Å². The van der Waals surface area contributed by atoms with Crippen molar-refractivity contribution in [2.24, 2.45) is 5.92 Å². The molecule has 0 aliphatic heterocycles. The Morgan fingerprint density at radius 1 is 1.00 bits per heavy atom. The van der Waals surface area contributed by atoms with Crippen molar-refractivity contribution in [2.75, 3.05) is 11.9 Å². The average molecular weight is 349 g/mol. The Morgan fingerprint density at radius 2 is 1.69 bits per heavy atom. The largest absolute Gasteiger partial charge is 0.426 e. The molecule has 3 rings (SSSR count). The lowest BCUT2D eigenvalue weighted by Crippen LogP contribution is -2.26. The Morgan fingerprint density at radius 3 is 2.31 bits per heavy atom. The lowest BCUT2D eigenvalue weighted by atomic mass is 9.95. The molecule has 4 heteroatoms. The number of esters is 1. The summed E-state index contributed by atoms with van der Waals surface area (Å²) in [7, 11) is 1.73. The summed E-state index contributed by atoms with van der Waals surface area (Å²) in [5.41, 5.74) is 2.50. The molecule has 26 heavy (non-hydrogen) atoms. The minimum absolute atomic E-state index is 0.0644. The number of nitrogens with zero attached hydrogens (tertiary/aromatic N) is 1. The minimum Gasteiger partial charge on any atom is -0.426 e. The molecule has 2 aromatic carbocycles. The molecular weight excluding hydrogens is 326 g/mol. The zero-order valence-corrected chi connectivity index (χ0v) is 15.1. The van der Waals surface area contributed by atoms with Crippen LogP contribution in [0.25, 0.3) is 0 Å². The van der Waals surface area contributed by atoms with Crippen LogP contribution in [-0.2, 0) is 4.79 Å². The van der Waals surface area contributed by atoms with Gasteiger partial charge < -0.3 is 9.64 Å². The van der Waals surface area contributed by atoms with Crippen LogP contribution >= 0.6 is 0 Å². The maximum atomic E-state index is 12.6. The number of rotatable bonds is 4. The molecule has 0 N–H and O–H groups in total. The van der Waals surface area contributed by atoms with Gasteiger partial charge in [-0.1, -0.05) is 29.8 Å². The van der Waals surface area contributed by atoms with Crippen molar-refractivity contribution in [3.05, 3.63) is 71.8 Å². The highest BCUT2D eigenvalue weighted by molar-refractivity contribution is 6.05. The summed E-state index contributed by atoms with van der Waals surface area (Å²) in [5.74, 6) is 0.171. The van der Waals surface area contributed by atoms with E-state index >= 15 is 0 Å². The molecule has 0 aromatic heterocycles. The van der Waals surface area contributed by atoms with Gasteiger partial charge in [-0.2, -0.15) is 0 Å². The van der Waals surface area contributed by atoms with Gasteiger partial charge >= 0.3 is 5.97 Å². The van der Waals surface area contributed by atoms with Crippen LogP contribution in [0.4, 0.5) is 5.69 Å². The highest BCUT2D eigenvalue weighted by atomic mass is 16.5. The van der Waals surface area contributed by atoms with Crippen LogP contribution in [0, 0.1) is 12.8 Å². The number of ether oxygens (including phenoxy) is 1. The molecule has 134 valence electrons.